The Kier molecular flexibility index (Phi) is 6.38. The molecule has 0 saturated heterocycles. The van der Waals surface area contributed by atoms with Crippen molar-refractivity contribution in [3.63, 3.8) is 0 Å². The molecule has 124 valence electrons. The Labute approximate surface area is 149 Å². The number of benzene rings is 2. The summed E-state index contributed by atoms with van der Waals surface area (Å²) in [7, 11) is 0. The molecule has 23 heavy (non-hydrogen) atoms. The van der Waals surface area contributed by atoms with Crippen molar-refractivity contribution < 1.29 is 4.74 Å². The number of hydrogen-bond acceptors (Lipinski definition) is 1. The largest absolute Gasteiger partial charge is 0.489 e. The van der Waals surface area contributed by atoms with Gasteiger partial charge < -0.3 is 4.74 Å². The molecular weight excluding hydrogens is 327 g/mol. The molecule has 0 aromatic heterocycles. The molecule has 0 saturated carbocycles. The van der Waals surface area contributed by atoms with Crippen molar-refractivity contribution in [1.29, 1.82) is 0 Å². The van der Waals surface area contributed by atoms with Crippen LogP contribution in [-0.4, -0.2) is 6.10 Å². The van der Waals surface area contributed by atoms with Crippen molar-refractivity contribution in [2.24, 2.45) is 0 Å². The zero-order chi connectivity index (χ0) is 17.0. The SMILES string of the molecule is CCC(CC)c1ccc(Cl)cc1-c1ccc(OC(C)C)c(Cl)c1. The van der Waals surface area contributed by atoms with Crippen molar-refractivity contribution in [3.05, 3.63) is 52.0 Å². The maximum atomic E-state index is 6.40. The lowest BCUT2D eigenvalue weighted by Crippen LogP contribution is -2.06. The van der Waals surface area contributed by atoms with Gasteiger partial charge in [-0.05, 0) is 73.6 Å². The van der Waals surface area contributed by atoms with Crippen molar-refractivity contribution >= 4 is 23.2 Å². The van der Waals surface area contributed by atoms with Crippen LogP contribution in [0.1, 0.15) is 52.0 Å². The molecule has 0 radical (unpaired) electrons. The molecule has 0 amide bonds. The Hall–Kier alpha value is -1.18. The molecule has 2 rings (SSSR count). The summed E-state index contributed by atoms with van der Waals surface area (Å²) < 4.78 is 5.72. The van der Waals surface area contributed by atoms with Crippen molar-refractivity contribution in [1.82, 2.24) is 0 Å². The standard InChI is InChI=1S/C20H24Cl2O/c1-5-14(6-2)17-9-8-16(21)12-18(17)15-7-10-20(19(22)11-15)23-13(3)4/h7-14H,5-6H2,1-4H3. The highest BCUT2D eigenvalue weighted by Crippen LogP contribution is 2.37. The van der Waals surface area contributed by atoms with Crippen LogP contribution in [0.5, 0.6) is 5.75 Å². The van der Waals surface area contributed by atoms with Gasteiger partial charge >= 0.3 is 0 Å². The van der Waals surface area contributed by atoms with Gasteiger partial charge in [0, 0.05) is 5.02 Å². The Morgan fingerprint density at radius 3 is 2.22 bits per heavy atom. The van der Waals surface area contributed by atoms with E-state index in [2.05, 4.69) is 26.0 Å². The predicted octanol–water partition coefficient (Wildman–Crippen LogP) is 7.35. The third-order valence-electron chi connectivity index (χ3n) is 4.05. The van der Waals surface area contributed by atoms with Gasteiger partial charge in [-0.1, -0.05) is 49.2 Å². The minimum absolute atomic E-state index is 0.102. The first-order valence-electron chi connectivity index (χ1n) is 8.22. The quantitative estimate of drug-likeness (QED) is 0.528. The molecule has 0 aliphatic rings. The van der Waals surface area contributed by atoms with Crippen molar-refractivity contribution in [2.75, 3.05) is 0 Å². The van der Waals surface area contributed by atoms with Gasteiger partial charge in [0.1, 0.15) is 5.75 Å². The minimum atomic E-state index is 0.102. The summed E-state index contributed by atoms with van der Waals surface area (Å²) in [6.45, 7) is 8.43. The normalized spacial score (nSPS) is 11.3. The van der Waals surface area contributed by atoms with E-state index in [0.717, 1.165) is 34.7 Å². The van der Waals surface area contributed by atoms with Gasteiger partial charge in [0.05, 0.1) is 11.1 Å². The molecule has 2 aromatic carbocycles. The van der Waals surface area contributed by atoms with Crippen molar-refractivity contribution in [3.8, 4) is 16.9 Å². The van der Waals surface area contributed by atoms with Crippen LogP contribution in [-0.2, 0) is 0 Å². The fraction of sp³-hybridized carbons (Fsp3) is 0.400. The Balaban J connectivity index is 2.49. The molecule has 3 heteroatoms. The fourth-order valence-corrected chi connectivity index (χ4v) is 3.28. The third kappa shape index (κ3) is 4.43. The molecule has 2 aromatic rings. The molecule has 0 aliphatic heterocycles. The first-order chi connectivity index (χ1) is 11.0. The van der Waals surface area contributed by atoms with Crippen LogP contribution in [0, 0.1) is 0 Å². The van der Waals surface area contributed by atoms with Gasteiger partial charge in [0.15, 0.2) is 0 Å². The van der Waals surface area contributed by atoms with Crippen LogP contribution in [0.15, 0.2) is 36.4 Å². The number of halogens is 2. The molecule has 0 aliphatic carbocycles. The van der Waals surface area contributed by atoms with E-state index in [-0.39, 0.29) is 6.10 Å². The second-order valence-electron chi connectivity index (χ2n) is 6.06. The van der Waals surface area contributed by atoms with E-state index >= 15 is 0 Å². The monoisotopic (exact) mass is 350 g/mol. The molecule has 0 fully saturated rings. The first-order valence-corrected chi connectivity index (χ1v) is 8.97. The van der Waals surface area contributed by atoms with E-state index in [0.29, 0.717) is 10.9 Å². The van der Waals surface area contributed by atoms with E-state index in [9.17, 15) is 0 Å². The Bertz CT molecular complexity index is 661. The predicted molar refractivity (Wildman–Crippen MR) is 101 cm³/mol. The summed E-state index contributed by atoms with van der Waals surface area (Å²) in [5.74, 6) is 1.24. The Morgan fingerprint density at radius 2 is 1.65 bits per heavy atom. The number of ether oxygens (including phenoxy) is 1. The summed E-state index contributed by atoms with van der Waals surface area (Å²) in [6, 6.07) is 12.1. The van der Waals surface area contributed by atoms with Gasteiger partial charge in [-0.3, -0.25) is 0 Å². The summed E-state index contributed by atoms with van der Waals surface area (Å²) in [5, 5.41) is 1.38. The molecule has 0 atom stereocenters. The zero-order valence-electron chi connectivity index (χ0n) is 14.2. The van der Waals surface area contributed by atoms with E-state index in [1.165, 1.54) is 5.56 Å². The summed E-state index contributed by atoms with van der Waals surface area (Å²) in [5.41, 5.74) is 3.56. The second-order valence-corrected chi connectivity index (χ2v) is 6.90. The lowest BCUT2D eigenvalue weighted by molar-refractivity contribution is 0.242. The van der Waals surface area contributed by atoms with Crippen molar-refractivity contribution in [2.45, 2.75) is 52.6 Å². The molecule has 0 unspecified atom stereocenters. The zero-order valence-corrected chi connectivity index (χ0v) is 15.7. The third-order valence-corrected chi connectivity index (χ3v) is 4.58. The lowest BCUT2D eigenvalue weighted by Gasteiger charge is -2.19. The minimum Gasteiger partial charge on any atom is -0.489 e. The first kappa shape index (κ1) is 18.2. The molecule has 1 nitrogen and oxygen atoms in total. The van der Waals surface area contributed by atoms with E-state index < -0.39 is 0 Å². The molecule has 0 N–H and O–H groups in total. The topological polar surface area (TPSA) is 9.23 Å². The molecule has 0 bridgehead atoms. The summed E-state index contributed by atoms with van der Waals surface area (Å²) in [4.78, 5) is 0. The van der Waals surface area contributed by atoms with Crippen LogP contribution in [0.4, 0.5) is 0 Å². The van der Waals surface area contributed by atoms with Crippen LogP contribution < -0.4 is 4.74 Å². The smallest absolute Gasteiger partial charge is 0.138 e. The van der Waals surface area contributed by atoms with Gasteiger partial charge in [-0.25, -0.2) is 0 Å². The van der Waals surface area contributed by atoms with Gasteiger partial charge in [0.25, 0.3) is 0 Å². The van der Waals surface area contributed by atoms with Gasteiger partial charge in [-0.15, -0.1) is 0 Å². The second kappa shape index (κ2) is 8.08. The summed E-state index contributed by atoms with van der Waals surface area (Å²) >= 11 is 12.6. The van der Waals surface area contributed by atoms with Gasteiger partial charge in [-0.2, -0.15) is 0 Å². The lowest BCUT2D eigenvalue weighted by atomic mass is 9.87. The van der Waals surface area contributed by atoms with Gasteiger partial charge in [0.2, 0.25) is 0 Å². The average Bonchev–Trinajstić information content (AvgIpc) is 2.51. The highest BCUT2D eigenvalue weighted by molar-refractivity contribution is 6.32. The fourth-order valence-electron chi connectivity index (χ4n) is 2.88. The highest BCUT2D eigenvalue weighted by Gasteiger charge is 2.15. The highest BCUT2D eigenvalue weighted by atomic mass is 35.5. The molecule has 0 heterocycles. The van der Waals surface area contributed by atoms with E-state index in [1.807, 2.05) is 38.1 Å². The average molecular weight is 351 g/mol. The van der Waals surface area contributed by atoms with E-state index in [1.54, 1.807) is 0 Å². The number of rotatable bonds is 6. The maximum Gasteiger partial charge on any atom is 0.138 e. The maximum absolute atomic E-state index is 6.40. The van der Waals surface area contributed by atoms with Crippen LogP contribution in [0.25, 0.3) is 11.1 Å². The summed E-state index contributed by atoms with van der Waals surface area (Å²) in [6.07, 6.45) is 2.31. The molecule has 0 spiro atoms. The Morgan fingerprint density at radius 1 is 0.957 bits per heavy atom. The van der Waals surface area contributed by atoms with Crippen LogP contribution in [0.3, 0.4) is 0 Å². The molecular formula is C20H24Cl2O. The number of hydrogen-bond donors (Lipinski definition) is 0. The van der Waals surface area contributed by atoms with Crippen LogP contribution in [0.2, 0.25) is 10.0 Å². The van der Waals surface area contributed by atoms with E-state index in [4.69, 9.17) is 27.9 Å². The van der Waals surface area contributed by atoms with Crippen LogP contribution >= 0.6 is 23.2 Å².